The third kappa shape index (κ3) is 3.50. The smallest absolute Gasteiger partial charge is 0.240 e. The summed E-state index contributed by atoms with van der Waals surface area (Å²) in [5.74, 6) is 0. The molecule has 112 valence electrons. The molecule has 1 aliphatic heterocycles. The summed E-state index contributed by atoms with van der Waals surface area (Å²) < 4.78 is 25.6. The van der Waals surface area contributed by atoms with Crippen LogP contribution in [0.2, 0.25) is 0 Å². The fourth-order valence-electron chi connectivity index (χ4n) is 2.46. The Morgan fingerprint density at radius 2 is 1.90 bits per heavy atom. The van der Waals surface area contributed by atoms with Gasteiger partial charge < -0.3 is 5.32 Å². The third-order valence-electron chi connectivity index (χ3n) is 3.75. The van der Waals surface area contributed by atoms with E-state index in [1.54, 1.807) is 12.1 Å². The first-order chi connectivity index (χ1) is 9.42. The van der Waals surface area contributed by atoms with E-state index < -0.39 is 10.0 Å². The number of benzene rings is 1. The van der Waals surface area contributed by atoms with E-state index in [0.29, 0.717) is 17.0 Å². The van der Waals surface area contributed by atoms with Gasteiger partial charge in [0.2, 0.25) is 10.0 Å². The number of nitrogens with one attached hydrogen (secondary N) is 2. The van der Waals surface area contributed by atoms with E-state index in [9.17, 15) is 8.42 Å². The van der Waals surface area contributed by atoms with Gasteiger partial charge in [0.25, 0.3) is 0 Å². The van der Waals surface area contributed by atoms with E-state index in [1.807, 2.05) is 12.1 Å². The van der Waals surface area contributed by atoms with Crippen LogP contribution in [0.25, 0.3) is 0 Å². The molecule has 20 heavy (non-hydrogen) atoms. The first-order valence-electron chi connectivity index (χ1n) is 6.96. The van der Waals surface area contributed by atoms with E-state index in [0.717, 1.165) is 25.2 Å². The summed E-state index contributed by atoms with van der Waals surface area (Å²) in [6.07, 6.45) is 1.12. The van der Waals surface area contributed by atoms with Crippen LogP contribution in [0.4, 0.5) is 5.69 Å². The van der Waals surface area contributed by atoms with Crippen LogP contribution in [0.15, 0.2) is 29.2 Å². The topological polar surface area (TPSA) is 61.4 Å². The summed E-state index contributed by atoms with van der Waals surface area (Å²) in [4.78, 5) is 2.73. The molecule has 6 heteroatoms. The molecule has 1 heterocycles. The maximum Gasteiger partial charge on any atom is 0.240 e. The number of rotatable bonds is 5. The highest BCUT2D eigenvalue weighted by molar-refractivity contribution is 7.89. The molecule has 5 nitrogen and oxygen atoms in total. The maximum absolute atomic E-state index is 11.6. The van der Waals surface area contributed by atoms with E-state index in [1.165, 1.54) is 7.05 Å². The number of hydrogen-bond donors (Lipinski definition) is 2. The van der Waals surface area contributed by atoms with E-state index in [2.05, 4.69) is 28.8 Å². The average Bonchev–Trinajstić information content (AvgIpc) is 2.88. The van der Waals surface area contributed by atoms with Crippen molar-refractivity contribution in [3.63, 3.8) is 0 Å². The zero-order valence-corrected chi connectivity index (χ0v) is 13.1. The maximum atomic E-state index is 11.6. The Labute approximate surface area is 121 Å². The van der Waals surface area contributed by atoms with Gasteiger partial charge in [0.15, 0.2) is 0 Å². The van der Waals surface area contributed by atoms with Gasteiger partial charge in [0.1, 0.15) is 0 Å². The quantitative estimate of drug-likeness (QED) is 0.864. The zero-order chi connectivity index (χ0) is 14.8. The Kier molecular flexibility index (Phi) is 4.67. The Morgan fingerprint density at radius 3 is 2.40 bits per heavy atom. The molecule has 1 unspecified atom stereocenters. The van der Waals surface area contributed by atoms with Crippen molar-refractivity contribution in [2.75, 3.05) is 25.5 Å². The second-order valence-electron chi connectivity index (χ2n) is 5.45. The van der Waals surface area contributed by atoms with Crippen molar-refractivity contribution in [1.82, 2.24) is 9.62 Å². The van der Waals surface area contributed by atoms with Crippen molar-refractivity contribution in [3.8, 4) is 0 Å². The predicted octanol–water partition coefficient (Wildman–Crippen LogP) is 1.49. The lowest BCUT2D eigenvalue weighted by Crippen LogP contribution is -2.31. The van der Waals surface area contributed by atoms with Gasteiger partial charge in [-0.3, -0.25) is 4.90 Å². The molecular formula is C14H23N3O2S. The summed E-state index contributed by atoms with van der Waals surface area (Å²) in [5.41, 5.74) is 0.968. The molecule has 0 saturated carbocycles. The van der Waals surface area contributed by atoms with Crippen molar-refractivity contribution >= 4 is 15.7 Å². The van der Waals surface area contributed by atoms with E-state index in [-0.39, 0.29) is 0 Å². The normalized spacial score (nSPS) is 20.5. The number of sulfonamides is 1. The fraction of sp³-hybridized carbons (Fsp3) is 0.571. The molecule has 2 N–H and O–H groups in total. The monoisotopic (exact) mass is 297 g/mol. The molecule has 2 rings (SSSR count). The van der Waals surface area contributed by atoms with Crippen LogP contribution in [-0.2, 0) is 10.0 Å². The van der Waals surface area contributed by atoms with Gasteiger partial charge >= 0.3 is 0 Å². The fourth-order valence-corrected chi connectivity index (χ4v) is 3.19. The van der Waals surface area contributed by atoms with Gasteiger partial charge in [-0.05, 0) is 51.6 Å². The minimum Gasteiger partial charge on any atom is -0.381 e. The minimum atomic E-state index is -3.35. The molecule has 1 atom stereocenters. The van der Waals surface area contributed by atoms with Gasteiger partial charge in [-0.25, -0.2) is 13.1 Å². The summed E-state index contributed by atoms with van der Waals surface area (Å²) >= 11 is 0. The van der Waals surface area contributed by atoms with Crippen molar-refractivity contribution < 1.29 is 8.42 Å². The summed E-state index contributed by atoms with van der Waals surface area (Å²) in [6, 6.07) is 7.91. The van der Waals surface area contributed by atoms with Crippen LogP contribution in [0.5, 0.6) is 0 Å². The molecule has 1 fully saturated rings. The zero-order valence-electron chi connectivity index (χ0n) is 12.3. The van der Waals surface area contributed by atoms with Crippen LogP contribution < -0.4 is 10.0 Å². The number of likely N-dealkylation sites (tertiary alicyclic amines) is 1. The molecule has 1 saturated heterocycles. The minimum absolute atomic E-state index is 0.292. The van der Waals surface area contributed by atoms with Gasteiger partial charge in [-0.2, -0.15) is 0 Å². The van der Waals surface area contributed by atoms with Gasteiger partial charge in [-0.1, -0.05) is 0 Å². The summed E-state index contributed by atoms with van der Waals surface area (Å²) in [7, 11) is -1.93. The Morgan fingerprint density at radius 1 is 1.25 bits per heavy atom. The largest absolute Gasteiger partial charge is 0.381 e. The molecule has 0 spiro atoms. The highest BCUT2D eigenvalue weighted by Crippen LogP contribution is 2.19. The summed E-state index contributed by atoms with van der Waals surface area (Å²) in [6.45, 7) is 6.56. The highest BCUT2D eigenvalue weighted by atomic mass is 32.2. The molecule has 1 aromatic rings. The van der Waals surface area contributed by atoms with Gasteiger partial charge in [-0.15, -0.1) is 0 Å². The average molecular weight is 297 g/mol. The first kappa shape index (κ1) is 15.3. The van der Waals surface area contributed by atoms with Crippen LogP contribution >= 0.6 is 0 Å². The lowest BCUT2D eigenvalue weighted by Gasteiger charge is -2.20. The molecule has 0 aromatic heterocycles. The van der Waals surface area contributed by atoms with Crippen molar-refractivity contribution in [2.45, 2.75) is 37.2 Å². The lowest BCUT2D eigenvalue weighted by molar-refractivity contribution is 0.274. The Hall–Kier alpha value is -1.11. The van der Waals surface area contributed by atoms with Crippen LogP contribution in [0, 0.1) is 0 Å². The van der Waals surface area contributed by atoms with Gasteiger partial charge in [0.05, 0.1) is 4.90 Å². The third-order valence-corrected chi connectivity index (χ3v) is 5.18. The lowest BCUT2D eigenvalue weighted by atomic mass is 10.2. The standard InChI is InChI=1S/C14H23N3O2S/c1-11(2)17-9-8-13(10-17)16-12-4-6-14(7-5-12)20(18,19)15-3/h4-7,11,13,15-16H,8-10H2,1-3H3. The molecular weight excluding hydrogens is 274 g/mol. The van der Waals surface area contributed by atoms with Crippen LogP contribution in [-0.4, -0.2) is 45.5 Å². The molecule has 0 bridgehead atoms. The van der Waals surface area contributed by atoms with Crippen molar-refractivity contribution in [1.29, 1.82) is 0 Å². The SMILES string of the molecule is CNS(=O)(=O)c1ccc(NC2CCN(C(C)C)C2)cc1. The number of hydrogen-bond acceptors (Lipinski definition) is 4. The highest BCUT2D eigenvalue weighted by Gasteiger charge is 2.23. The van der Waals surface area contributed by atoms with Crippen molar-refractivity contribution in [2.24, 2.45) is 0 Å². The predicted molar refractivity (Wildman–Crippen MR) is 81.4 cm³/mol. The second-order valence-corrected chi connectivity index (χ2v) is 7.34. The summed E-state index contributed by atoms with van der Waals surface area (Å²) in [5, 5.41) is 3.47. The molecule has 1 aromatic carbocycles. The first-order valence-corrected chi connectivity index (χ1v) is 8.45. The second kappa shape index (κ2) is 6.11. The van der Waals surface area contributed by atoms with Crippen LogP contribution in [0.1, 0.15) is 20.3 Å². The van der Waals surface area contributed by atoms with Crippen molar-refractivity contribution in [3.05, 3.63) is 24.3 Å². The number of anilines is 1. The molecule has 1 aliphatic rings. The van der Waals surface area contributed by atoms with E-state index >= 15 is 0 Å². The Balaban J connectivity index is 1.99. The Bertz CT molecular complexity index is 540. The van der Waals surface area contributed by atoms with Gasteiger partial charge in [0, 0.05) is 30.9 Å². The molecule has 0 amide bonds. The van der Waals surface area contributed by atoms with Crippen LogP contribution in [0.3, 0.4) is 0 Å². The number of nitrogens with zero attached hydrogens (tertiary/aromatic N) is 1. The van der Waals surface area contributed by atoms with E-state index in [4.69, 9.17) is 0 Å². The molecule has 0 aliphatic carbocycles. The molecule has 0 radical (unpaired) electrons.